The number of nitrogens with zero attached hydrogens (tertiary/aromatic N) is 1. The summed E-state index contributed by atoms with van der Waals surface area (Å²) in [6, 6.07) is 22.3. The fourth-order valence-corrected chi connectivity index (χ4v) is 6.69. The van der Waals surface area contributed by atoms with Gasteiger partial charge in [0, 0.05) is 4.90 Å². The number of hydrogen-bond donors (Lipinski definition) is 1. The molecule has 4 aromatic rings. The highest BCUT2D eigenvalue weighted by Crippen LogP contribution is 2.40. The number of benzene rings is 4. The summed E-state index contributed by atoms with van der Waals surface area (Å²) in [4.78, 5) is 41.6. The number of amides is 2. The van der Waals surface area contributed by atoms with Crippen LogP contribution in [0.25, 0.3) is 0 Å². The average molecular weight is 686 g/mol. The van der Waals surface area contributed by atoms with Gasteiger partial charge in [0.15, 0.2) is 23.3 Å². The minimum Gasteiger partial charge on any atom is -0.459 e. The van der Waals surface area contributed by atoms with Crippen LogP contribution in [0.5, 0.6) is 0 Å². The van der Waals surface area contributed by atoms with Crippen LogP contribution in [-0.4, -0.2) is 64.2 Å². The molecular formula is C34H24F5NO7S. The maximum Gasteiger partial charge on any atom is 0.344 e. The molecule has 0 bridgehead atoms. The fourth-order valence-electron chi connectivity index (χ4n) is 5.50. The van der Waals surface area contributed by atoms with Crippen LogP contribution < -0.4 is 0 Å². The molecule has 0 aliphatic carbocycles. The summed E-state index contributed by atoms with van der Waals surface area (Å²) in [7, 11) is 0. The number of rotatable bonds is 9. The number of carbonyl (C=O) groups is 3. The average Bonchev–Trinajstić information content (AvgIpc) is 3.35. The quantitative estimate of drug-likeness (QED) is 0.0792. The van der Waals surface area contributed by atoms with Crippen LogP contribution in [0.3, 0.4) is 0 Å². The van der Waals surface area contributed by atoms with Crippen LogP contribution in [0.4, 0.5) is 22.0 Å². The predicted molar refractivity (Wildman–Crippen MR) is 159 cm³/mol. The molecule has 0 spiro atoms. The second kappa shape index (κ2) is 13.8. The Hall–Kier alpha value is -4.63. The molecule has 2 heterocycles. The Balaban J connectivity index is 1.35. The smallest absolute Gasteiger partial charge is 0.344 e. The van der Waals surface area contributed by atoms with E-state index in [1.54, 1.807) is 72.8 Å². The van der Waals surface area contributed by atoms with Crippen LogP contribution in [-0.2, 0) is 20.8 Å². The first-order valence-electron chi connectivity index (χ1n) is 14.4. The molecule has 48 heavy (non-hydrogen) atoms. The minimum absolute atomic E-state index is 0.109. The molecule has 0 unspecified atom stereocenters. The van der Waals surface area contributed by atoms with Crippen molar-refractivity contribution >= 4 is 29.5 Å². The number of halogens is 5. The molecular weight excluding hydrogens is 661 g/mol. The van der Waals surface area contributed by atoms with E-state index in [2.05, 4.69) is 0 Å². The van der Waals surface area contributed by atoms with Crippen LogP contribution in [0, 0.1) is 29.1 Å². The maximum absolute atomic E-state index is 14.3. The minimum atomic E-state index is -2.45. The van der Waals surface area contributed by atoms with Crippen molar-refractivity contribution in [3.63, 3.8) is 0 Å². The van der Waals surface area contributed by atoms with Crippen molar-refractivity contribution in [2.45, 2.75) is 41.3 Å². The highest BCUT2D eigenvalue weighted by atomic mass is 32.2. The Morgan fingerprint density at radius 3 is 1.88 bits per heavy atom. The van der Waals surface area contributed by atoms with Gasteiger partial charge in [-0.3, -0.25) is 14.5 Å². The van der Waals surface area contributed by atoms with Gasteiger partial charge in [-0.2, -0.15) is 0 Å². The molecule has 248 valence electrons. The van der Waals surface area contributed by atoms with Gasteiger partial charge < -0.3 is 19.3 Å². The molecule has 1 fully saturated rings. The van der Waals surface area contributed by atoms with Crippen LogP contribution in [0.2, 0.25) is 0 Å². The molecule has 0 saturated carbocycles. The SMILES string of the molecule is O=C(OC[C@H]1O[C@@H](Sc2ccccc2)[C@H](N2C(=O)c3ccccc3C2=O)[C@@H](OCc2ccccc2)[C@@H]1O)c1c(F)c(F)c(F)c(F)c1F. The molecule has 1 saturated heterocycles. The van der Waals surface area contributed by atoms with Crippen molar-refractivity contribution in [1.82, 2.24) is 4.90 Å². The Kier molecular flexibility index (Phi) is 9.60. The van der Waals surface area contributed by atoms with E-state index < -0.39 is 88.8 Å². The first-order chi connectivity index (χ1) is 23.1. The van der Waals surface area contributed by atoms with Gasteiger partial charge in [-0.05, 0) is 29.8 Å². The Labute approximate surface area is 274 Å². The Morgan fingerprint density at radius 2 is 1.29 bits per heavy atom. The van der Waals surface area contributed by atoms with Crippen LogP contribution in [0.15, 0.2) is 89.8 Å². The molecule has 5 atom stereocenters. The van der Waals surface area contributed by atoms with Gasteiger partial charge >= 0.3 is 5.97 Å². The van der Waals surface area contributed by atoms with E-state index in [0.29, 0.717) is 10.5 Å². The highest BCUT2D eigenvalue weighted by molar-refractivity contribution is 7.99. The van der Waals surface area contributed by atoms with E-state index in [0.717, 1.165) is 16.7 Å². The van der Waals surface area contributed by atoms with E-state index in [1.165, 1.54) is 12.1 Å². The zero-order valence-electron chi connectivity index (χ0n) is 24.5. The molecule has 2 aliphatic rings. The molecule has 14 heteroatoms. The molecule has 1 N–H and O–H groups in total. The first kappa shape index (κ1) is 33.3. The zero-order chi connectivity index (χ0) is 34.1. The third kappa shape index (κ3) is 6.19. The molecule has 0 radical (unpaired) electrons. The van der Waals surface area contributed by atoms with E-state index in [1.807, 2.05) is 0 Å². The number of fused-ring (bicyclic) bond motifs is 1. The number of aliphatic hydroxyl groups is 1. The number of esters is 1. The van der Waals surface area contributed by atoms with Crippen LogP contribution >= 0.6 is 11.8 Å². The highest BCUT2D eigenvalue weighted by Gasteiger charge is 2.54. The van der Waals surface area contributed by atoms with Gasteiger partial charge in [-0.1, -0.05) is 72.4 Å². The second-order valence-corrected chi connectivity index (χ2v) is 12.0. The standard InChI is InChI=1S/C34H24F5NO7S/c35-23-22(24(36)26(38)27(39)25(23)37)33(44)46-16-21-29(41)30(45-15-17-9-3-1-4-10-17)28(34(47-21)48-18-11-5-2-6-12-18)40-31(42)19-13-7-8-14-20(19)32(40)43/h1-14,21,28-30,34,41H,15-16H2/t21-,28-,29-,30-,34+/m1/s1. The van der Waals surface area contributed by atoms with Gasteiger partial charge in [0.1, 0.15) is 42.0 Å². The fraction of sp³-hybridized carbons (Fsp3) is 0.206. The largest absolute Gasteiger partial charge is 0.459 e. The van der Waals surface area contributed by atoms with E-state index in [4.69, 9.17) is 14.2 Å². The summed E-state index contributed by atoms with van der Waals surface area (Å²) in [5, 5.41) is 11.6. The summed E-state index contributed by atoms with van der Waals surface area (Å²) < 4.78 is 87.1. The van der Waals surface area contributed by atoms with Crippen molar-refractivity contribution < 1.29 is 55.7 Å². The number of imide groups is 1. The lowest BCUT2D eigenvalue weighted by atomic mass is 9.96. The molecule has 2 aliphatic heterocycles. The summed E-state index contributed by atoms with van der Waals surface area (Å²) in [5.74, 6) is -15.2. The lowest BCUT2D eigenvalue weighted by molar-refractivity contribution is -0.200. The lowest BCUT2D eigenvalue weighted by Gasteiger charge is -2.46. The van der Waals surface area contributed by atoms with Crippen LogP contribution in [0.1, 0.15) is 36.6 Å². The Bertz CT molecular complexity index is 1800. The number of carbonyl (C=O) groups excluding carboxylic acids is 3. The van der Waals surface area contributed by atoms with Gasteiger partial charge in [0.2, 0.25) is 5.82 Å². The summed E-state index contributed by atoms with van der Waals surface area (Å²) >= 11 is 1.05. The van der Waals surface area contributed by atoms with Crippen molar-refractivity contribution in [2.24, 2.45) is 0 Å². The zero-order valence-corrected chi connectivity index (χ0v) is 25.3. The van der Waals surface area contributed by atoms with Gasteiger partial charge in [0.25, 0.3) is 11.8 Å². The lowest BCUT2D eigenvalue weighted by Crippen LogP contribution is -2.65. The summed E-state index contributed by atoms with van der Waals surface area (Å²) in [6.45, 7) is -1.05. The molecule has 0 aromatic heterocycles. The molecule has 2 amide bonds. The van der Waals surface area contributed by atoms with Crippen molar-refractivity contribution in [3.8, 4) is 0 Å². The van der Waals surface area contributed by atoms with Crippen molar-refractivity contribution in [1.29, 1.82) is 0 Å². The second-order valence-electron chi connectivity index (χ2n) is 10.8. The third-order valence-electron chi connectivity index (χ3n) is 7.84. The number of hydrogen-bond acceptors (Lipinski definition) is 8. The van der Waals surface area contributed by atoms with Gasteiger partial charge in [-0.25, -0.2) is 26.7 Å². The Morgan fingerprint density at radius 1 is 0.771 bits per heavy atom. The molecule has 6 rings (SSSR count). The summed E-state index contributed by atoms with van der Waals surface area (Å²) in [6.07, 6.45) is -4.66. The number of thioether (sulfide) groups is 1. The van der Waals surface area contributed by atoms with E-state index in [9.17, 15) is 41.4 Å². The van der Waals surface area contributed by atoms with E-state index in [-0.39, 0.29) is 17.7 Å². The molecule has 4 aromatic carbocycles. The first-order valence-corrected chi connectivity index (χ1v) is 15.3. The number of ether oxygens (including phenoxy) is 3. The van der Waals surface area contributed by atoms with E-state index >= 15 is 0 Å². The normalized spacial score (nSPS) is 22.1. The monoisotopic (exact) mass is 685 g/mol. The maximum atomic E-state index is 14.3. The van der Waals surface area contributed by atoms with Crippen molar-refractivity contribution in [3.05, 3.63) is 136 Å². The topological polar surface area (TPSA) is 102 Å². The predicted octanol–water partition coefficient (Wildman–Crippen LogP) is 5.67. The molecule has 8 nitrogen and oxygen atoms in total. The number of aliphatic hydroxyl groups excluding tert-OH is 1. The third-order valence-corrected chi connectivity index (χ3v) is 9.01. The van der Waals surface area contributed by atoms with Gasteiger partial charge in [0.05, 0.1) is 17.7 Å². The summed E-state index contributed by atoms with van der Waals surface area (Å²) in [5.41, 5.74) is -2.09. The van der Waals surface area contributed by atoms with Gasteiger partial charge in [-0.15, -0.1) is 0 Å². The van der Waals surface area contributed by atoms with Crippen molar-refractivity contribution in [2.75, 3.05) is 6.61 Å².